The lowest BCUT2D eigenvalue weighted by Gasteiger charge is -2.34. The summed E-state index contributed by atoms with van der Waals surface area (Å²) in [5, 5.41) is 16.3. The molecule has 2 saturated heterocycles. The highest BCUT2D eigenvalue weighted by molar-refractivity contribution is 6.30. The Bertz CT molecular complexity index is 1550. The zero-order valence-electron chi connectivity index (χ0n) is 26.3. The standard InChI is InChI=1S/C34H40ClN5O6/c1-34(2,3)46-33(44)39-17-14-25(15-18-39)45-29-19-23(40-16-6-7-24(41)21-40)11-12-27(29)32(43)37-28-9-5-4-8-26(28)31(42)38-30-13-10-22(35)20-36-30/h4-5,8-13,19-20,24-25,41H,6-7,14-18,21H2,1-3H3,(H,37,43)(H,36,38,42). The van der Waals surface area contributed by atoms with Gasteiger partial charge in [0, 0.05) is 57.0 Å². The Morgan fingerprint density at radius 1 is 0.935 bits per heavy atom. The van der Waals surface area contributed by atoms with Gasteiger partial charge >= 0.3 is 6.09 Å². The number of amides is 3. The molecule has 1 atom stereocenters. The number of pyridine rings is 1. The van der Waals surface area contributed by atoms with Gasteiger partial charge in [-0.25, -0.2) is 9.78 Å². The lowest BCUT2D eigenvalue weighted by Crippen LogP contribution is -2.44. The van der Waals surface area contributed by atoms with Gasteiger partial charge in [-0.3, -0.25) is 9.59 Å². The first kappa shape index (κ1) is 33.0. The maximum absolute atomic E-state index is 13.8. The number of aromatic nitrogens is 1. The third-order valence-electron chi connectivity index (χ3n) is 7.75. The largest absolute Gasteiger partial charge is 0.489 e. The van der Waals surface area contributed by atoms with E-state index in [1.54, 1.807) is 47.4 Å². The molecule has 5 rings (SSSR count). The molecular formula is C34H40ClN5O6. The van der Waals surface area contributed by atoms with Crippen molar-refractivity contribution in [2.75, 3.05) is 41.7 Å². The quantitative estimate of drug-likeness (QED) is 0.285. The molecule has 2 aliphatic heterocycles. The zero-order valence-corrected chi connectivity index (χ0v) is 27.0. The van der Waals surface area contributed by atoms with E-state index >= 15 is 0 Å². The third kappa shape index (κ3) is 8.67. The molecule has 3 aromatic rings. The van der Waals surface area contributed by atoms with Crippen molar-refractivity contribution in [1.82, 2.24) is 9.88 Å². The molecule has 1 aromatic heterocycles. The van der Waals surface area contributed by atoms with Crippen molar-refractivity contribution in [3.8, 4) is 5.75 Å². The second-order valence-electron chi connectivity index (χ2n) is 12.5. The van der Waals surface area contributed by atoms with E-state index in [2.05, 4.69) is 20.5 Å². The molecular weight excluding hydrogens is 610 g/mol. The molecule has 1 unspecified atom stereocenters. The predicted molar refractivity (Wildman–Crippen MR) is 177 cm³/mol. The van der Waals surface area contributed by atoms with Gasteiger partial charge in [0.2, 0.25) is 0 Å². The van der Waals surface area contributed by atoms with E-state index in [1.165, 1.54) is 6.20 Å². The molecule has 0 radical (unpaired) electrons. The van der Waals surface area contributed by atoms with Gasteiger partial charge in [-0.05, 0) is 70.0 Å². The van der Waals surface area contributed by atoms with Gasteiger partial charge in [0.15, 0.2) is 0 Å². The molecule has 3 N–H and O–H groups in total. The summed E-state index contributed by atoms with van der Waals surface area (Å²) in [4.78, 5) is 47.4. The Labute approximate surface area is 273 Å². The minimum Gasteiger partial charge on any atom is -0.489 e. The molecule has 2 aromatic carbocycles. The van der Waals surface area contributed by atoms with Crippen molar-refractivity contribution in [2.24, 2.45) is 0 Å². The van der Waals surface area contributed by atoms with E-state index in [9.17, 15) is 19.5 Å². The Morgan fingerprint density at radius 2 is 1.67 bits per heavy atom. The van der Waals surface area contributed by atoms with Gasteiger partial charge in [0.25, 0.3) is 11.8 Å². The van der Waals surface area contributed by atoms with E-state index in [1.807, 2.05) is 32.9 Å². The highest BCUT2D eigenvalue weighted by Crippen LogP contribution is 2.31. The van der Waals surface area contributed by atoms with E-state index in [0.29, 0.717) is 60.3 Å². The Kier molecular flexibility index (Phi) is 10.3. The summed E-state index contributed by atoms with van der Waals surface area (Å²) in [6, 6.07) is 15.3. The molecule has 46 heavy (non-hydrogen) atoms. The monoisotopic (exact) mass is 649 g/mol. The molecule has 244 valence electrons. The summed E-state index contributed by atoms with van der Waals surface area (Å²) in [7, 11) is 0. The summed E-state index contributed by atoms with van der Waals surface area (Å²) >= 11 is 5.91. The van der Waals surface area contributed by atoms with Gasteiger partial charge in [0.05, 0.1) is 27.9 Å². The number of benzene rings is 2. The van der Waals surface area contributed by atoms with Crippen LogP contribution < -0.4 is 20.3 Å². The van der Waals surface area contributed by atoms with Crippen molar-refractivity contribution in [3.05, 3.63) is 76.9 Å². The maximum Gasteiger partial charge on any atom is 0.410 e. The number of likely N-dealkylation sites (tertiary alicyclic amines) is 1. The molecule has 2 fully saturated rings. The van der Waals surface area contributed by atoms with Gasteiger partial charge in [0.1, 0.15) is 23.3 Å². The van der Waals surface area contributed by atoms with Crippen LogP contribution in [0.1, 0.15) is 67.2 Å². The maximum atomic E-state index is 13.8. The molecule has 12 heteroatoms. The molecule has 11 nitrogen and oxygen atoms in total. The lowest BCUT2D eigenvalue weighted by molar-refractivity contribution is 0.0126. The number of carbonyl (C=O) groups is 3. The van der Waals surface area contributed by atoms with Crippen LogP contribution in [0.25, 0.3) is 0 Å². The highest BCUT2D eigenvalue weighted by atomic mass is 35.5. The average Bonchev–Trinajstić information content (AvgIpc) is 3.02. The number of hydrogen-bond donors (Lipinski definition) is 3. The fraction of sp³-hybridized carbons (Fsp3) is 0.412. The SMILES string of the molecule is CC(C)(C)OC(=O)N1CCC(Oc2cc(N3CCCC(O)C3)ccc2C(=O)Nc2ccccc2C(=O)Nc2ccc(Cl)cn2)CC1. The van der Waals surface area contributed by atoms with Crippen LogP contribution in [0.4, 0.5) is 22.0 Å². The van der Waals surface area contributed by atoms with Crippen LogP contribution in [-0.2, 0) is 4.74 Å². The van der Waals surface area contributed by atoms with Crippen LogP contribution in [0.3, 0.4) is 0 Å². The van der Waals surface area contributed by atoms with Gasteiger partial charge in [-0.15, -0.1) is 0 Å². The van der Waals surface area contributed by atoms with E-state index in [0.717, 1.165) is 25.1 Å². The van der Waals surface area contributed by atoms with Gasteiger partial charge in [-0.2, -0.15) is 0 Å². The predicted octanol–water partition coefficient (Wildman–Crippen LogP) is 5.98. The summed E-state index contributed by atoms with van der Waals surface area (Å²) in [6.45, 7) is 7.70. The second kappa shape index (κ2) is 14.4. The Hall–Kier alpha value is -4.35. The topological polar surface area (TPSA) is 133 Å². The van der Waals surface area contributed by atoms with Crippen LogP contribution in [0, 0.1) is 0 Å². The first-order valence-corrected chi connectivity index (χ1v) is 15.9. The number of piperidine rings is 2. The Morgan fingerprint density at radius 3 is 2.37 bits per heavy atom. The number of aliphatic hydroxyl groups is 1. The van der Waals surface area contributed by atoms with E-state index in [4.69, 9.17) is 21.1 Å². The minimum atomic E-state index is -0.582. The number of hydrogen-bond acceptors (Lipinski definition) is 8. The summed E-state index contributed by atoms with van der Waals surface area (Å²) in [5.41, 5.74) is 1.13. The van der Waals surface area contributed by atoms with Crippen LogP contribution >= 0.6 is 11.6 Å². The van der Waals surface area contributed by atoms with Crippen LogP contribution in [0.15, 0.2) is 60.8 Å². The molecule has 3 amide bonds. The van der Waals surface area contributed by atoms with Crippen molar-refractivity contribution < 1.29 is 29.0 Å². The van der Waals surface area contributed by atoms with Gasteiger partial charge < -0.3 is 35.0 Å². The molecule has 0 bridgehead atoms. The number of nitrogens with one attached hydrogen (secondary N) is 2. The van der Waals surface area contributed by atoms with E-state index in [-0.39, 0.29) is 17.8 Å². The number of nitrogens with zero attached hydrogens (tertiary/aromatic N) is 3. The van der Waals surface area contributed by atoms with Crippen molar-refractivity contribution in [1.29, 1.82) is 0 Å². The number of para-hydroxylation sites is 1. The first-order valence-electron chi connectivity index (χ1n) is 15.5. The normalized spacial score (nSPS) is 17.3. The fourth-order valence-electron chi connectivity index (χ4n) is 5.46. The lowest BCUT2D eigenvalue weighted by atomic mass is 10.1. The average molecular weight is 650 g/mol. The van der Waals surface area contributed by atoms with Crippen LogP contribution in [0.2, 0.25) is 5.02 Å². The molecule has 3 heterocycles. The number of halogens is 1. The molecule has 2 aliphatic rings. The van der Waals surface area contributed by atoms with Crippen molar-refractivity contribution in [3.63, 3.8) is 0 Å². The number of anilines is 3. The number of carbonyl (C=O) groups excluding carboxylic acids is 3. The second-order valence-corrected chi connectivity index (χ2v) is 13.0. The molecule has 0 spiro atoms. The summed E-state index contributed by atoms with van der Waals surface area (Å²) in [5.74, 6) is -0.185. The summed E-state index contributed by atoms with van der Waals surface area (Å²) < 4.78 is 12.0. The van der Waals surface area contributed by atoms with Gasteiger partial charge in [-0.1, -0.05) is 23.7 Å². The first-order chi connectivity index (χ1) is 21.9. The van der Waals surface area contributed by atoms with E-state index < -0.39 is 23.5 Å². The smallest absolute Gasteiger partial charge is 0.410 e. The Balaban J connectivity index is 1.34. The number of ether oxygens (including phenoxy) is 2. The highest BCUT2D eigenvalue weighted by Gasteiger charge is 2.29. The molecule has 0 saturated carbocycles. The number of rotatable bonds is 7. The zero-order chi connectivity index (χ0) is 32.8. The van der Waals surface area contributed by atoms with Crippen molar-refractivity contribution in [2.45, 2.75) is 64.3 Å². The fourth-order valence-corrected chi connectivity index (χ4v) is 5.57. The third-order valence-corrected chi connectivity index (χ3v) is 7.97. The minimum absolute atomic E-state index is 0.239. The summed E-state index contributed by atoms with van der Waals surface area (Å²) in [6.07, 6.45) is 3.14. The molecule has 0 aliphatic carbocycles. The number of aliphatic hydroxyl groups excluding tert-OH is 1. The van der Waals surface area contributed by atoms with Crippen LogP contribution in [0.5, 0.6) is 5.75 Å². The van der Waals surface area contributed by atoms with Crippen molar-refractivity contribution >= 4 is 46.7 Å². The number of β-amino-alcohol motifs (C(OH)–C–C–N with tert-alkyl or cyclic N) is 1. The van der Waals surface area contributed by atoms with Crippen LogP contribution in [-0.4, -0.2) is 76.9 Å².